The van der Waals surface area contributed by atoms with Crippen LogP contribution in [-0.4, -0.2) is 30.8 Å². The van der Waals surface area contributed by atoms with E-state index in [-0.39, 0.29) is 6.10 Å². The average Bonchev–Trinajstić information content (AvgIpc) is 2.71. The average molecular weight is 313 g/mol. The van der Waals surface area contributed by atoms with Crippen molar-refractivity contribution in [2.75, 3.05) is 19.7 Å². The van der Waals surface area contributed by atoms with Gasteiger partial charge in [-0.3, -0.25) is 0 Å². The van der Waals surface area contributed by atoms with Gasteiger partial charge in [0.05, 0.1) is 27.9 Å². The Kier molecular flexibility index (Phi) is 3.42. The first-order valence-corrected chi connectivity index (χ1v) is 7.29. The van der Waals surface area contributed by atoms with E-state index in [0.29, 0.717) is 0 Å². The summed E-state index contributed by atoms with van der Waals surface area (Å²) < 4.78 is 8.04. The monoisotopic (exact) mass is 312 g/mol. The van der Waals surface area contributed by atoms with Gasteiger partial charge in [0.25, 0.3) is 0 Å². The lowest BCUT2D eigenvalue weighted by molar-refractivity contribution is 0.0292. The number of morpholine rings is 1. The number of halogens is 1. The van der Waals surface area contributed by atoms with Gasteiger partial charge in [0.1, 0.15) is 0 Å². The lowest BCUT2D eigenvalue weighted by atomic mass is 10.2. The molecular weight excluding hydrogens is 300 g/mol. The van der Waals surface area contributed by atoms with Gasteiger partial charge in [-0.2, -0.15) is 0 Å². The van der Waals surface area contributed by atoms with Gasteiger partial charge in [0.15, 0.2) is 0 Å². The number of nitrogens with zero attached hydrogens (tertiary/aromatic N) is 1. The summed E-state index contributed by atoms with van der Waals surface area (Å²) in [4.78, 5) is 4.64. The van der Waals surface area contributed by atoms with Crippen molar-refractivity contribution in [3.05, 3.63) is 27.7 Å². The Morgan fingerprint density at radius 3 is 3.29 bits per heavy atom. The van der Waals surface area contributed by atoms with E-state index in [1.807, 2.05) is 6.07 Å². The molecule has 17 heavy (non-hydrogen) atoms. The molecule has 1 saturated heterocycles. The van der Waals surface area contributed by atoms with E-state index < -0.39 is 0 Å². The molecule has 3 nitrogen and oxygen atoms in total. The fourth-order valence-electron chi connectivity index (χ4n) is 1.98. The Labute approximate surface area is 112 Å². The van der Waals surface area contributed by atoms with Gasteiger partial charge in [-0.1, -0.05) is 15.9 Å². The highest BCUT2D eigenvalue weighted by atomic mass is 79.9. The number of nitrogens with one attached hydrogen (secondary N) is 1. The summed E-state index contributed by atoms with van der Waals surface area (Å²) in [7, 11) is 0. The second kappa shape index (κ2) is 5.02. The molecule has 0 bridgehead atoms. The fraction of sp³-hybridized carbons (Fsp3) is 0.417. The molecule has 0 amide bonds. The molecular formula is C12H13BrN2OS. The first kappa shape index (κ1) is 11.6. The molecule has 1 unspecified atom stereocenters. The van der Waals surface area contributed by atoms with E-state index in [1.165, 1.54) is 4.70 Å². The van der Waals surface area contributed by atoms with Crippen LogP contribution in [0, 0.1) is 0 Å². The predicted molar refractivity (Wildman–Crippen MR) is 73.6 cm³/mol. The summed E-state index contributed by atoms with van der Waals surface area (Å²) in [5.41, 5.74) is 1.08. The van der Waals surface area contributed by atoms with Crippen LogP contribution in [-0.2, 0) is 11.2 Å². The van der Waals surface area contributed by atoms with Crippen molar-refractivity contribution < 1.29 is 4.74 Å². The molecule has 0 spiro atoms. The largest absolute Gasteiger partial charge is 0.375 e. The van der Waals surface area contributed by atoms with Crippen molar-refractivity contribution in [2.24, 2.45) is 0 Å². The summed E-state index contributed by atoms with van der Waals surface area (Å²) in [6.45, 7) is 2.70. The number of hydrogen-bond acceptors (Lipinski definition) is 4. The van der Waals surface area contributed by atoms with Crippen LogP contribution in [0.1, 0.15) is 5.01 Å². The molecule has 1 aliphatic rings. The van der Waals surface area contributed by atoms with Gasteiger partial charge >= 0.3 is 0 Å². The minimum Gasteiger partial charge on any atom is -0.375 e. The molecule has 3 rings (SSSR count). The third-order valence-electron chi connectivity index (χ3n) is 2.80. The van der Waals surface area contributed by atoms with Crippen LogP contribution in [0.5, 0.6) is 0 Å². The summed E-state index contributed by atoms with van der Waals surface area (Å²) in [5.74, 6) is 0. The highest BCUT2D eigenvalue weighted by Gasteiger charge is 2.16. The third kappa shape index (κ3) is 2.68. The van der Waals surface area contributed by atoms with Gasteiger partial charge in [-0.25, -0.2) is 4.98 Å². The van der Waals surface area contributed by atoms with Crippen molar-refractivity contribution in [1.29, 1.82) is 0 Å². The van der Waals surface area contributed by atoms with E-state index >= 15 is 0 Å². The first-order chi connectivity index (χ1) is 8.31. The lowest BCUT2D eigenvalue weighted by Crippen LogP contribution is -2.39. The number of hydrogen-bond donors (Lipinski definition) is 1. The van der Waals surface area contributed by atoms with Crippen LogP contribution in [0.15, 0.2) is 22.7 Å². The second-order valence-electron chi connectivity index (χ2n) is 4.12. The SMILES string of the molecule is Brc1ccc2nc(CC3CNCCO3)sc2c1. The molecule has 90 valence electrons. The molecule has 1 aliphatic heterocycles. The summed E-state index contributed by atoms with van der Waals surface area (Å²) >= 11 is 5.24. The number of thiazole rings is 1. The van der Waals surface area contributed by atoms with Gasteiger partial charge in [0, 0.05) is 24.0 Å². The fourth-order valence-corrected chi connectivity index (χ4v) is 3.56. The Morgan fingerprint density at radius 2 is 2.47 bits per heavy atom. The molecule has 0 aliphatic carbocycles. The Balaban J connectivity index is 1.80. The molecule has 2 aromatic rings. The highest BCUT2D eigenvalue weighted by Crippen LogP contribution is 2.26. The maximum atomic E-state index is 5.70. The maximum Gasteiger partial charge on any atom is 0.0964 e. The molecule has 2 heterocycles. The van der Waals surface area contributed by atoms with Crippen molar-refractivity contribution in [3.63, 3.8) is 0 Å². The number of benzene rings is 1. The van der Waals surface area contributed by atoms with Crippen molar-refractivity contribution in [3.8, 4) is 0 Å². The van der Waals surface area contributed by atoms with E-state index in [4.69, 9.17) is 4.74 Å². The van der Waals surface area contributed by atoms with Gasteiger partial charge in [0.2, 0.25) is 0 Å². The van der Waals surface area contributed by atoms with E-state index in [2.05, 4.69) is 38.4 Å². The summed E-state index contributed by atoms with van der Waals surface area (Å²) in [5, 5.41) is 4.50. The van der Waals surface area contributed by atoms with Gasteiger partial charge in [-0.15, -0.1) is 11.3 Å². The summed E-state index contributed by atoms with van der Waals surface area (Å²) in [6, 6.07) is 6.21. The lowest BCUT2D eigenvalue weighted by Gasteiger charge is -2.22. The minimum atomic E-state index is 0.271. The molecule has 1 N–H and O–H groups in total. The van der Waals surface area contributed by atoms with E-state index in [0.717, 1.165) is 41.1 Å². The molecule has 1 atom stereocenters. The van der Waals surface area contributed by atoms with Crippen LogP contribution in [0.25, 0.3) is 10.2 Å². The zero-order valence-corrected chi connectivity index (χ0v) is 11.7. The molecule has 1 aromatic heterocycles. The van der Waals surface area contributed by atoms with Gasteiger partial charge in [-0.05, 0) is 18.2 Å². The molecule has 5 heteroatoms. The topological polar surface area (TPSA) is 34.2 Å². The van der Waals surface area contributed by atoms with Gasteiger partial charge < -0.3 is 10.1 Å². The molecule has 0 radical (unpaired) electrons. The van der Waals surface area contributed by atoms with Crippen molar-refractivity contribution >= 4 is 37.5 Å². The number of fused-ring (bicyclic) bond motifs is 1. The Bertz CT molecular complexity index is 522. The van der Waals surface area contributed by atoms with Crippen LogP contribution in [0.4, 0.5) is 0 Å². The molecule has 0 saturated carbocycles. The van der Waals surface area contributed by atoms with Crippen LogP contribution in [0.3, 0.4) is 0 Å². The van der Waals surface area contributed by atoms with Crippen LogP contribution in [0.2, 0.25) is 0 Å². The highest BCUT2D eigenvalue weighted by molar-refractivity contribution is 9.10. The van der Waals surface area contributed by atoms with Crippen LogP contribution < -0.4 is 5.32 Å². The van der Waals surface area contributed by atoms with E-state index in [1.54, 1.807) is 11.3 Å². The normalized spacial score (nSPS) is 20.9. The Hall–Kier alpha value is -0.490. The molecule has 1 aromatic carbocycles. The first-order valence-electron chi connectivity index (χ1n) is 5.68. The Morgan fingerprint density at radius 1 is 1.53 bits per heavy atom. The number of ether oxygens (including phenoxy) is 1. The predicted octanol–water partition coefficient (Wildman–Crippen LogP) is 2.59. The third-order valence-corrected chi connectivity index (χ3v) is 4.34. The number of aromatic nitrogens is 1. The number of rotatable bonds is 2. The second-order valence-corrected chi connectivity index (χ2v) is 6.15. The van der Waals surface area contributed by atoms with E-state index in [9.17, 15) is 0 Å². The maximum absolute atomic E-state index is 5.70. The smallest absolute Gasteiger partial charge is 0.0964 e. The van der Waals surface area contributed by atoms with Crippen molar-refractivity contribution in [2.45, 2.75) is 12.5 Å². The van der Waals surface area contributed by atoms with Crippen molar-refractivity contribution in [1.82, 2.24) is 10.3 Å². The standard InChI is InChI=1S/C12H13BrN2OS/c13-8-1-2-10-11(5-8)17-12(15-10)6-9-7-14-3-4-16-9/h1-2,5,9,14H,3-4,6-7H2. The summed E-state index contributed by atoms with van der Waals surface area (Å²) in [6.07, 6.45) is 1.18. The zero-order chi connectivity index (χ0) is 11.7. The molecule has 1 fully saturated rings. The quantitative estimate of drug-likeness (QED) is 0.925. The zero-order valence-electron chi connectivity index (χ0n) is 9.28. The van der Waals surface area contributed by atoms with Crippen LogP contribution >= 0.6 is 27.3 Å². The minimum absolute atomic E-state index is 0.271.